The van der Waals surface area contributed by atoms with Crippen LogP contribution in [0.4, 0.5) is 0 Å². The Morgan fingerprint density at radius 3 is 2.61 bits per heavy atom. The van der Waals surface area contributed by atoms with Crippen LogP contribution in [0.5, 0.6) is 5.75 Å². The first kappa shape index (κ1) is 23.1. The van der Waals surface area contributed by atoms with Crippen LogP contribution < -0.4 is 20.8 Å². The van der Waals surface area contributed by atoms with Crippen molar-refractivity contribution < 1.29 is 14.8 Å². The van der Waals surface area contributed by atoms with E-state index in [-0.39, 0.29) is 17.6 Å². The topological polar surface area (TPSA) is 113 Å². The Bertz CT molecular complexity index is 1030. The van der Waals surface area contributed by atoms with Crippen LogP contribution in [0.3, 0.4) is 0 Å². The Balaban J connectivity index is 1.45. The summed E-state index contributed by atoms with van der Waals surface area (Å²) in [5.74, 6) is 1.39. The summed E-state index contributed by atoms with van der Waals surface area (Å²) >= 11 is 0. The number of rotatable bonds is 7. The maximum atomic E-state index is 9.34. The Kier molecular flexibility index (Phi) is 6.89. The van der Waals surface area contributed by atoms with Crippen molar-refractivity contribution >= 4 is 18.5 Å². The molecule has 2 aliphatic rings. The Labute approximate surface area is 195 Å². The van der Waals surface area contributed by atoms with Crippen LogP contribution in [0, 0.1) is 11.5 Å². The number of hydrogen-bond donors (Lipinski definition) is 4. The van der Waals surface area contributed by atoms with Crippen LogP contribution in [0.1, 0.15) is 24.0 Å². The number of para-hydroxylation sites is 1. The number of fused-ring (bicyclic) bond motifs is 1. The zero-order valence-corrected chi connectivity index (χ0v) is 19.0. The van der Waals surface area contributed by atoms with Gasteiger partial charge >= 0.3 is 7.12 Å². The van der Waals surface area contributed by atoms with Gasteiger partial charge in [0.15, 0.2) is 0 Å². The van der Waals surface area contributed by atoms with Crippen molar-refractivity contribution in [3.63, 3.8) is 0 Å². The number of ether oxygens (including phenoxy) is 1. The molecule has 33 heavy (non-hydrogen) atoms. The van der Waals surface area contributed by atoms with Crippen molar-refractivity contribution in [1.82, 2.24) is 15.5 Å². The summed E-state index contributed by atoms with van der Waals surface area (Å²) in [4.78, 5) is 6.24. The smallest absolute Gasteiger partial charge is 0.488 e. The molecular weight excluding hydrogens is 417 g/mol. The highest BCUT2D eigenvalue weighted by atomic mass is 16.5. The minimum atomic E-state index is -1.47. The second-order valence-electron chi connectivity index (χ2n) is 9.10. The third-order valence-electron chi connectivity index (χ3n) is 6.51. The predicted octanol–water partition coefficient (Wildman–Crippen LogP) is 0.392. The largest absolute Gasteiger partial charge is 0.491 e. The summed E-state index contributed by atoms with van der Waals surface area (Å²) < 4.78 is 5.88. The van der Waals surface area contributed by atoms with Crippen molar-refractivity contribution in [3.05, 3.63) is 59.7 Å². The maximum absolute atomic E-state index is 9.34. The Morgan fingerprint density at radius 1 is 1.24 bits per heavy atom. The van der Waals surface area contributed by atoms with Crippen LogP contribution in [0.25, 0.3) is 0 Å². The molecule has 1 unspecified atom stereocenters. The lowest BCUT2D eigenvalue weighted by Crippen LogP contribution is -2.58. The van der Waals surface area contributed by atoms with Crippen LogP contribution in [-0.4, -0.2) is 66.4 Å². The molecule has 1 saturated carbocycles. The zero-order chi connectivity index (χ0) is 23.4. The van der Waals surface area contributed by atoms with Crippen molar-refractivity contribution in [3.8, 4) is 11.9 Å². The second kappa shape index (κ2) is 9.83. The Hall–Kier alpha value is -3.06. The van der Waals surface area contributed by atoms with Crippen molar-refractivity contribution in [1.29, 1.82) is 5.26 Å². The average Bonchev–Trinajstić information content (AvgIpc) is 3.57. The minimum absolute atomic E-state index is 0.0190. The molecular formula is C24H30BN5O3. The van der Waals surface area contributed by atoms with Crippen molar-refractivity contribution in [2.24, 2.45) is 4.99 Å². The molecule has 0 radical (unpaired) electrons. The van der Waals surface area contributed by atoms with Crippen LogP contribution in [-0.2, 0) is 12.8 Å². The quantitative estimate of drug-likeness (QED) is 0.210. The van der Waals surface area contributed by atoms with Gasteiger partial charge in [0, 0.05) is 6.04 Å². The number of guanidine groups is 1. The fourth-order valence-electron chi connectivity index (χ4n) is 4.59. The first-order valence-corrected chi connectivity index (χ1v) is 11.2. The van der Waals surface area contributed by atoms with E-state index in [9.17, 15) is 15.3 Å². The van der Waals surface area contributed by atoms with E-state index in [1.807, 2.05) is 36.5 Å². The summed E-state index contributed by atoms with van der Waals surface area (Å²) in [6, 6.07) is 15.5. The second-order valence-corrected chi connectivity index (χ2v) is 9.10. The fraction of sp³-hybridized carbons (Fsp3) is 0.417. The van der Waals surface area contributed by atoms with Gasteiger partial charge in [-0.1, -0.05) is 42.5 Å². The van der Waals surface area contributed by atoms with Gasteiger partial charge in [0.2, 0.25) is 12.2 Å². The summed E-state index contributed by atoms with van der Waals surface area (Å²) in [5.41, 5.74) is 2.52. The normalized spacial score (nSPS) is 19.6. The van der Waals surface area contributed by atoms with Crippen LogP contribution in [0.2, 0.25) is 0 Å². The molecule has 2 atom stereocenters. The number of benzene rings is 2. The Morgan fingerprint density at radius 2 is 1.97 bits per heavy atom. The number of nitrogens with zero attached hydrogens (tertiary/aromatic N) is 3. The SMILES string of the molecule is CN(C)C(Cc1ccc(B(O)O)cc1)C1(NC(=NC#N)N[C@H]2COc3ccccc3C2)CC1. The van der Waals surface area contributed by atoms with E-state index >= 15 is 0 Å². The molecule has 0 amide bonds. The van der Waals surface area contributed by atoms with Gasteiger partial charge in [-0.3, -0.25) is 0 Å². The van der Waals surface area contributed by atoms with Gasteiger partial charge in [0.1, 0.15) is 12.4 Å². The summed E-state index contributed by atoms with van der Waals surface area (Å²) in [6.45, 7) is 0.510. The first-order chi connectivity index (χ1) is 15.9. The van der Waals surface area contributed by atoms with Gasteiger partial charge in [0.25, 0.3) is 0 Å². The van der Waals surface area contributed by atoms with Crippen LogP contribution >= 0.6 is 0 Å². The molecule has 0 saturated heterocycles. The fourth-order valence-corrected chi connectivity index (χ4v) is 4.59. The van der Waals surface area contributed by atoms with Crippen molar-refractivity contribution in [2.45, 2.75) is 43.3 Å². The standard InChI is InChI=1S/C24H30BN5O3/c1-30(2)22(13-17-7-9-19(10-8-17)25(31)32)24(11-12-24)29-23(27-16-26)28-20-14-18-5-3-4-6-21(18)33-15-20/h3-10,20,22,31-32H,11-15H2,1-2H3,(H2,27,28,29)/t20-,22?/m1/s1. The number of hydrogen-bond acceptors (Lipinski definition) is 6. The van der Waals surface area contributed by atoms with E-state index in [0.29, 0.717) is 18.0 Å². The number of likely N-dealkylation sites (N-methyl/N-ethyl adjacent to an activating group) is 1. The molecule has 9 heteroatoms. The van der Waals surface area contributed by atoms with E-state index in [1.54, 1.807) is 12.1 Å². The molecule has 4 N–H and O–H groups in total. The molecule has 0 bridgehead atoms. The zero-order valence-electron chi connectivity index (χ0n) is 19.0. The van der Waals surface area contributed by atoms with Crippen molar-refractivity contribution in [2.75, 3.05) is 20.7 Å². The van der Waals surface area contributed by atoms with E-state index in [2.05, 4.69) is 40.7 Å². The molecule has 172 valence electrons. The number of aliphatic imine (C=N–C) groups is 1. The van der Waals surface area contributed by atoms with Gasteiger partial charge in [-0.25, -0.2) is 0 Å². The summed E-state index contributed by atoms with van der Waals surface area (Å²) in [6.07, 6.45) is 5.45. The highest BCUT2D eigenvalue weighted by Gasteiger charge is 2.51. The van der Waals surface area contributed by atoms with E-state index < -0.39 is 7.12 Å². The highest BCUT2D eigenvalue weighted by molar-refractivity contribution is 6.58. The lowest BCUT2D eigenvalue weighted by Gasteiger charge is -2.35. The van der Waals surface area contributed by atoms with Gasteiger partial charge in [0.05, 0.1) is 11.6 Å². The minimum Gasteiger partial charge on any atom is -0.491 e. The highest BCUT2D eigenvalue weighted by Crippen LogP contribution is 2.41. The molecule has 4 rings (SSSR count). The lowest BCUT2D eigenvalue weighted by molar-refractivity contribution is 0.223. The number of nitriles is 1. The lowest BCUT2D eigenvalue weighted by atomic mass is 9.79. The van der Waals surface area contributed by atoms with Gasteiger partial charge < -0.3 is 30.3 Å². The molecule has 0 aromatic heterocycles. The van der Waals surface area contributed by atoms with E-state index in [4.69, 9.17) is 4.74 Å². The molecule has 1 fully saturated rings. The van der Waals surface area contributed by atoms with Gasteiger partial charge in [-0.2, -0.15) is 5.26 Å². The first-order valence-electron chi connectivity index (χ1n) is 11.2. The maximum Gasteiger partial charge on any atom is 0.488 e. The van der Waals surface area contributed by atoms with Gasteiger partial charge in [-0.05, 0) is 62.4 Å². The molecule has 1 aliphatic carbocycles. The number of nitrogens with one attached hydrogen (secondary N) is 2. The molecule has 1 heterocycles. The average molecular weight is 447 g/mol. The van der Waals surface area contributed by atoms with Gasteiger partial charge in [-0.15, -0.1) is 4.99 Å². The van der Waals surface area contributed by atoms with E-state index in [0.717, 1.165) is 42.6 Å². The molecule has 0 spiro atoms. The predicted molar refractivity (Wildman–Crippen MR) is 128 cm³/mol. The third kappa shape index (κ3) is 5.48. The third-order valence-corrected chi connectivity index (χ3v) is 6.51. The summed E-state index contributed by atoms with van der Waals surface area (Å²) in [7, 11) is 2.64. The van der Waals surface area contributed by atoms with Crippen LogP contribution in [0.15, 0.2) is 53.5 Å². The molecule has 8 nitrogen and oxygen atoms in total. The molecule has 2 aromatic rings. The molecule has 2 aromatic carbocycles. The monoisotopic (exact) mass is 447 g/mol. The van der Waals surface area contributed by atoms with E-state index in [1.165, 1.54) is 0 Å². The molecule has 1 aliphatic heterocycles. The summed E-state index contributed by atoms with van der Waals surface area (Å²) in [5, 5.41) is 34.9.